The largest absolute Gasteiger partial charge is 0.396 e. The standard InChI is InChI=1S/C17H24N4O/c1-12-7-13(2)9-16(8-12)21-19-11-15(20-21)10-18-17(5-6-22)14-3-4-14/h7-9,11,14,17-18,22H,3-6,10H2,1-2H3. The number of nitrogens with zero attached hydrogens (tertiary/aromatic N) is 3. The topological polar surface area (TPSA) is 63.0 Å². The van der Waals surface area contributed by atoms with Crippen LogP contribution in [0.25, 0.3) is 5.69 Å². The Morgan fingerprint density at radius 2 is 2.00 bits per heavy atom. The van der Waals surface area contributed by atoms with E-state index in [9.17, 15) is 0 Å². The molecule has 1 aliphatic carbocycles. The third-order valence-electron chi connectivity index (χ3n) is 4.15. The summed E-state index contributed by atoms with van der Waals surface area (Å²) in [5, 5.41) is 21.6. The second-order valence-electron chi connectivity index (χ2n) is 6.31. The summed E-state index contributed by atoms with van der Waals surface area (Å²) in [6.45, 7) is 5.10. The van der Waals surface area contributed by atoms with E-state index < -0.39 is 0 Å². The number of nitrogens with one attached hydrogen (secondary N) is 1. The highest BCUT2D eigenvalue weighted by molar-refractivity contribution is 5.37. The summed E-state index contributed by atoms with van der Waals surface area (Å²) in [6, 6.07) is 6.72. The van der Waals surface area contributed by atoms with Crippen LogP contribution in [-0.2, 0) is 6.54 Å². The van der Waals surface area contributed by atoms with Crippen LogP contribution in [0, 0.1) is 19.8 Å². The van der Waals surface area contributed by atoms with Crippen molar-refractivity contribution in [2.24, 2.45) is 5.92 Å². The van der Waals surface area contributed by atoms with Crippen molar-refractivity contribution >= 4 is 0 Å². The van der Waals surface area contributed by atoms with Crippen molar-refractivity contribution in [1.29, 1.82) is 0 Å². The van der Waals surface area contributed by atoms with Gasteiger partial charge in [-0.25, -0.2) is 0 Å². The first-order valence-electron chi connectivity index (χ1n) is 8.00. The molecule has 0 saturated heterocycles. The SMILES string of the molecule is Cc1cc(C)cc(-n2ncc(CNC(CCO)C3CC3)n2)c1. The molecule has 1 heterocycles. The van der Waals surface area contributed by atoms with Crippen molar-refractivity contribution in [2.75, 3.05) is 6.61 Å². The maximum absolute atomic E-state index is 9.14. The number of hydrogen-bond acceptors (Lipinski definition) is 4. The summed E-state index contributed by atoms with van der Waals surface area (Å²) in [4.78, 5) is 1.69. The average Bonchev–Trinajstić information content (AvgIpc) is 3.20. The monoisotopic (exact) mass is 300 g/mol. The van der Waals surface area contributed by atoms with Gasteiger partial charge in [-0.2, -0.15) is 15.0 Å². The van der Waals surface area contributed by atoms with Gasteiger partial charge in [-0.05, 0) is 62.3 Å². The lowest BCUT2D eigenvalue weighted by atomic mass is 10.1. The molecule has 22 heavy (non-hydrogen) atoms. The average molecular weight is 300 g/mol. The fourth-order valence-corrected chi connectivity index (χ4v) is 2.94. The molecule has 0 spiro atoms. The normalized spacial score (nSPS) is 16.0. The molecule has 2 N–H and O–H groups in total. The van der Waals surface area contributed by atoms with E-state index in [1.165, 1.54) is 24.0 Å². The summed E-state index contributed by atoms with van der Waals surface area (Å²) in [5.41, 5.74) is 4.35. The van der Waals surface area contributed by atoms with Gasteiger partial charge >= 0.3 is 0 Å². The van der Waals surface area contributed by atoms with Crippen LogP contribution in [0.2, 0.25) is 0 Å². The second-order valence-corrected chi connectivity index (χ2v) is 6.31. The van der Waals surface area contributed by atoms with Crippen molar-refractivity contribution in [1.82, 2.24) is 20.3 Å². The van der Waals surface area contributed by atoms with E-state index in [1.54, 1.807) is 4.80 Å². The van der Waals surface area contributed by atoms with Gasteiger partial charge in [0.25, 0.3) is 0 Å². The number of rotatable bonds is 7. The molecule has 0 radical (unpaired) electrons. The molecule has 1 aromatic heterocycles. The van der Waals surface area contributed by atoms with Gasteiger partial charge in [-0.3, -0.25) is 0 Å². The summed E-state index contributed by atoms with van der Waals surface area (Å²) in [6.07, 6.45) is 5.17. The molecule has 1 saturated carbocycles. The predicted molar refractivity (Wildman–Crippen MR) is 85.9 cm³/mol. The van der Waals surface area contributed by atoms with E-state index in [1.807, 2.05) is 6.20 Å². The number of aryl methyl sites for hydroxylation is 2. The van der Waals surface area contributed by atoms with Gasteiger partial charge in [0.1, 0.15) is 0 Å². The van der Waals surface area contributed by atoms with Crippen molar-refractivity contribution in [2.45, 2.75) is 45.7 Å². The quantitative estimate of drug-likeness (QED) is 0.822. The molecule has 0 bridgehead atoms. The predicted octanol–water partition coefficient (Wildman–Crippen LogP) is 2.13. The molecule has 1 fully saturated rings. The zero-order chi connectivity index (χ0) is 15.5. The van der Waals surface area contributed by atoms with E-state index in [0.717, 1.165) is 23.7 Å². The smallest absolute Gasteiger partial charge is 0.0969 e. The third kappa shape index (κ3) is 3.72. The van der Waals surface area contributed by atoms with Gasteiger partial charge in [0.2, 0.25) is 0 Å². The summed E-state index contributed by atoms with van der Waals surface area (Å²) in [5.74, 6) is 0.724. The molecule has 1 unspecified atom stereocenters. The fourth-order valence-electron chi connectivity index (χ4n) is 2.94. The van der Waals surface area contributed by atoms with E-state index in [0.29, 0.717) is 12.6 Å². The van der Waals surface area contributed by atoms with Gasteiger partial charge in [0.15, 0.2) is 0 Å². The maximum Gasteiger partial charge on any atom is 0.0969 e. The molecule has 3 rings (SSSR count). The van der Waals surface area contributed by atoms with Gasteiger partial charge in [-0.15, -0.1) is 0 Å². The molecule has 1 aliphatic rings. The number of aliphatic hydroxyl groups is 1. The fraction of sp³-hybridized carbons (Fsp3) is 0.529. The lowest BCUT2D eigenvalue weighted by Crippen LogP contribution is -2.31. The minimum Gasteiger partial charge on any atom is -0.396 e. The Morgan fingerprint density at radius 3 is 2.64 bits per heavy atom. The van der Waals surface area contributed by atoms with Crippen LogP contribution in [0.1, 0.15) is 36.1 Å². The van der Waals surface area contributed by atoms with Crippen LogP contribution < -0.4 is 5.32 Å². The van der Waals surface area contributed by atoms with Crippen LogP contribution >= 0.6 is 0 Å². The van der Waals surface area contributed by atoms with Crippen LogP contribution in [0.3, 0.4) is 0 Å². The van der Waals surface area contributed by atoms with E-state index in [-0.39, 0.29) is 6.61 Å². The van der Waals surface area contributed by atoms with Gasteiger partial charge in [0.05, 0.1) is 17.6 Å². The Morgan fingerprint density at radius 1 is 1.27 bits per heavy atom. The highest BCUT2D eigenvalue weighted by Crippen LogP contribution is 2.34. The van der Waals surface area contributed by atoms with E-state index >= 15 is 0 Å². The number of benzene rings is 1. The highest BCUT2D eigenvalue weighted by Gasteiger charge is 2.30. The van der Waals surface area contributed by atoms with E-state index in [2.05, 4.69) is 47.6 Å². The third-order valence-corrected chi connectivity index (χ3v) is 4.15. The maximum atomic E-state index is 9.14. The second kappa shape index (κ2) is 6.58. The van der Waals surface area contributed by atoms with Crippen molar-refractivity contribution in [3.63, 3.8) is 0 Å². The molecule has 5 heteroatoms. The molecule has 2 aromatic rings. The summed E-state index contributed by atoms with van der Waals surface area (Å²) in [7, 11) is 0. The molecule has 5 nitrogen and oxygen atoms in total. The van der Waals surface area contributed by atoms with Crippen LogP contribution in [0.4, 0.5) is 0 Å². The van der Waals surface area contributed by atoms with Crippen LogP contribution in [-0.4, -0.2) is 32.7 Å². The van der Waals surface area contributed by atoms with E-state index in [4.69, 9.17) is 5.11 Å². The van der Waals surface area contributed by atoms with Crippen LogP contribution in [0.5, 0.6) is 0 Å². The minimum absolute atomic E-state index is 0.240. The Bertz CT molecular complexity index is 613. The first-order valence-corrected chi connectivity index (χ1v) is 8.00. The minimum atomic E-state index is 0.240. The summed E-state index contributed by atoms with van der Waals surface area (Å²) >= 11 is 0. The Hall–Kier alpha value is -1.72. The molecule has 118 valence electrons. The first-order chi connectivity index (χ1) is 10.7. The molecular formula is C17H24N4O. The number of aromatic nitrogens is 3. The molecule has 0 amide bonds. The summed E-state index contributed by atoms with van der Waals surface area (Å²) < 4.78 is 0. The van der Waals surface area contributed by atoms with Crippen molar-refractivity contribution < 1.29 is 5.11 Å². The Balaban J connectivity index is 1.65. The van der Waals surface area contributed by atoms with Gasteiger partial charge < -0.3 is 10.4 Å². The molecule has 1 atom stereocenters. The molecule has 1 aromatic carbocycles. The Labute approximate surface area is 131 Å². The lowest BCUT2D eigenvalue weighted by Gasteiger charge is -2.15. The molecular weight excluding hydrogens is 276 g/mol. The zero-order valence-electron chi connectivity index (χ0n) is 13.3. The molecule has 0 aliphatic heterocycles. The number of aliphatic hydroxyl groups excluding tert-OH is 1. The first kappa shape index (κ1) is 15.2. The Kier molecular flexibility index (Phi) is 4.55. The van der Waals surface area contributed by atoms with Crippen molar-refractivity contribution in [3.8, 4) is 5.69 Å². The number of hydrogen-bond donors (Lipinski definition) is 2. The van der Waals surface area contributed by atoms with Crippen LogP contribution in [0.15, 0.2) is 24.4 Å². The van der Waals surface area contributed by atoms with Crippen molar-refractivity contribution in [3.05, 3.63) is 41.2 Å². The zero-order valence-corrected chi connectivity index (χ0v) is 13.3. The van der Waals surface area contributed by atoms with Gasteiger partial charge in [-0.1, -0.05) is 6.07 Å². The van der Waals surface area contributed by atoms with Gasteiger partial charge in [0, 0.05) is 19.2 Å². The lowest BCUT2D eigenvalue weighted by molar-refractivity contribution is 0.255. The highest BCUT2D eigenvalue weighted by atomic mass is 16.3.